The predicted octanol–water partition coefficient (Wildman–Crippen LogP) is 4.00. The standard InChI is InChI=1S/C20H19N5O2S/c1-14-7-8-16(15(2)12-14)21-18(26)13-28-20-23-22-19(17-6-5-11-27-17)25(20)24-9-3-4-10-24/h3-12H,13H2,1-2H3,(H,21,26). The summed E-state index contributed by atoms with van der Waals surface area (Å²) in [4.78, 5) is 12.4. The van der Waals surface area contributed by atoms with Gasteiger partial charge in [0, 0.05) is 18.1 Å². The van der Waals surface area contributed by atoms with E-state index in [1.807, 2.05) is 72.0 Å². The first kappa shape index (κ1) is 18.1. The molecule has 4 aromatic rings. The van der Waals surface area contributed by atoms with Crippen molar-refractivity contribution < 1.29 is 9.21 Å². The van der Waals surface area contributed by atoms with E-state index < -0.39 is 0 Å². The fourth-order valence-electron chi connectivity index (χ4n) is 2.85. The van der Waals surface area contributed by atoms with Crippen LogP contribution in [0.1, 0.15) is 11.1 Å². The van der Waals surface area contributed by atoms with Crippen LogP contribution < -0.4 is 5.32 Å². The monoisotopic (exact) mass is 393 g/mol. The minimum absolute atomic E-state index is 0.0986. The lowest BCUT2D eigenvalue weighted by Gasteiger charge is -2.11. The maximum Gasteiger partial charge on any atom is 0.234 e. The zero-order chi connectivity index (χ0) is 19.5. The second kappa shape index (κ2) is 7.77. The Morgan fingerprint density at radius 2 is 1.96 bits per heavy atom. The summed E-state index contributed by atoms with van der Waals surface area (Å²) in [6.07, 6.45) is 5.36. The van der Waals surface area contributed by atoms with Gasteiger partial charge in [-0.15, -0.1) is 10.2 Å². The van der Waals surface area contributed by atoms with Crippen molar-refractivity contribution in [1.82, 2.24) is 19.5 Å². The molecule has 0 aliphatic heterocycles. The summed E-state index contributed by atoms with van der Waals surface area (Å²) in [6, 6.07) is 13.4. The number of amides is 1. The molecule has 0 unspecified atom stereocenters. The number of aryl methyl sites for hydroxylation is 2. The van der Waals surface area contributed by atoms with Crippen LogP contribution in [0.3, 0.4) is 0 Å². The lowest BCUT2D eigenvalue weighted by atomic mass is 10.1. The van der Waals surface area contributed by atoms with Gasteiger partial charge in [0.25, 0.3) is 0 Å². The number of nitrogens with one attached hydrogen (secondary N) is 1. The molecule has 8 heteroatoms. The first-order valence-corrected chi connectivity index (χ1v) is 9.73. The Balaban J connectivity index is 1.53. The first-order chi connectivity index (χ1) is 13.6. The van der Waals surface area contributed by atoms with E-state index in [-0.39, 0.29) is 11.7 Å². The molecule has 1 aromatic carbocycles. The number of hydrogen-bond donors (Lipinski definition) is 1. The molecule has 0 aliphatic carbocycles. The smallest absolute Gasteiger partial charge is 0.234 e. The van der Waals surface area contributed by atoms with Gasteiger partial charge < -0.3 is 9.73 Å². The molecule has 0 aliphatic rings. The number of hydrogen-bond acceptors (Lipinski definition) is 5. The lowest BCUT2D eigenvalue weighted by molar-refractivity contribution is -0.113. The highest BCUT2D eigenvalue weighted by molar-refractivity contribution is 7.99. The van der Waals surface area contributed by atoms with Gasteiger partial charge in [-0.1, -0.05) is 29.5 Å². The molecule has 0 atom stereocenters. The number of rotatable bonds is 6. The third kappa shape index (κ3) is 3.72. The molecule has 3 heterocycles. The molecule has 1 N–H and O–H groups in total. The summed E-state index contributed by atoms with van der Waals surface area (Å²) < 4.78 is 9.14. The second-order valence-corrected chi connectivity index (χ2v) is 7.26. The molecule has 7 nitrogen and oxygen atoms in total. The Morgan fingerprint density at radius 1 is 1.14 bits per heavy atom. The Bertz CT molecular complexity index is 1080. The van der Waals surface area contributed by atoms with Gasteiger partial charge in [0.15, 0.2) is 5.76 Å². The second-order valence-electron chi connectivity index (χ2n) is 6.31. The third-order valence-corrected chi connectivity index (χ3v) is 5.08. The Labute approximate surface area is 166 Å². The summed E-state index contributed by atoms with van der Waals surface area (Å²) in [6.45, 7) is 4.01. The average molecular weight is 393 g/mol. The van der Waals surface area contributed by atoms with Gasteiger partial charge in [0.1, 0.15) is 0 Å². The number of carbonyl (C=O) groups is 1. The molecule has 3 aromatic heterocycles. The number of benzene rings is 1. The van der Waals surface area contributed by atoms with Crippen LogP contribution in [0.5, 0.6) is 0 Å². The molecule has 142 valence electrons. The Hall–Kier alpha value is -3.26. The molecule has 0 radical (unpaired) electrons. The molecule has 1 amide bonds. The zero-order valence-corrected chi connectivity index (χ0v) is 16.3. The van der Waals surface area contributed by atoms with Crippen molar-refractivity contribution in [1.29, 1.82) is 0 Å². The van der Waals surface area contributed by atoms with Crippen molar-refractivity contribution in [2.45, 2.75) is 19.0 Å². The van der Waals surface area contributed by atoms with Crippen molar-refractivity contribution in [3.05, 3.63) is 72.2 Å². The molecular formula is C20H19N5O2S. The number of nitrogens with zero attached hydrogens (tertiary/aromatic N) is 4. The molecule has 28 heavy (non-hydrogen) atoms. The zero-order valence-electron chi connectivity index (χ0n) is 15.5. The first-order valence-electron chi connectivity index (χ1n) is 8.74. The molecular weight excluding hydrogens is 374 g/mol. The van der Waals surface area contributed by atoms with E-state index in [1.165, 1.54) is 11.8 Å². The van der Waals surface area contributed by atoms with E-state index in [1.54, 1.807) is 12.3 Å². The molecule has 0 bridgehead atoms. The average Bonchev–Trinajstić information content (AvgIpc) is 3.42. The van der Waals surface area contributed by atoms with Gasteiger partial charge >= 0.3 is 0 Å². The van der Waals surface area contributed by atoms with Gasteiger partial charge in [-0.2, -0.15) is 0 Å². The van der Waals surface area contributed by atoms with Crippen LogP contribution in [0, 0.1) is 13.8 Å². The Morgan fingerprint density at radius 3 is 2.68 bits per heavy atom. The topological polar surface area (TPSA) is 77.9 Å². The predicted molar refractivity (Wildman–Crippen MR) is 108 cm³/mol. The highest BCUT2D eigenvalue weighted by Crippen LogP contribution is 2.25. The summed E-state index contributed by atoms with van der Waals surface area (Å²) >= 11 is 1.31. The summed E-state index contributed by atoms with van der Waals surface area (Å²) in [5, 5.41) is 12.0. The third-order valence-electron chi connectivity index (χ3n) is 4.16. The van der Waals surface area contributed by atoms with Crippen LogP contribution in [-0.4, -0.2) is 31.2 Å². The number of anilines is 1. The van der Waals surface area contributed by atoms with Gasteiger partial charge in [-0.05, 0) is 49.7 Å². The van der Waals surface area contributed by atoms with Crippen LogP contribution >= 0.6 is 11.8 Å². The van der Waals surface area contributed by atoms with Crippen molar-refractivity contribution in [2.24, 2.45) is 0 Å². The Kier molecular flexibility index (Phi) is 5.03. The maximum atomic E-state index is 12.4. The SMILES string of the molecule is Cc1ccc(NC(=O)CSc2nnc(-c3ccco3)n2-n2cccc2)c(C)c1. The lowest BCUT2D eigenvalue weighted by Crippen LogP contribution is -2.16. The largest absolute Gasteiger partial charge is 0.461 e. The van der Waals surface area contributed by atoms with E-state index in [2.05, 4.69) is 15.5 Å². The molecule has 0 saturated heterocycles. The number of aromatic nitrogens is 4. The summed E-state index contributed by atoms with van der Waals surface area (Å²) in [7, 11) is 0. The molecule has 4 rings (SSSR count). The van der Waals surface area contributed by atoms with Gasteiger partial charge in [-0.3, -0.25) is 9.47 Å². The summed E-state index contributed by atoms with van der Waals surface area (Å²) in [5.74, 6) is 1.29. The van der Waals surface area contributed by atoms with Crippen molar-refractivity contribution >= 4 is 23.4 Å². The van der Waals surface area contributed by atoms with Crippen LogP contribution in [0.2, 0.25) is 0 Å². The van der Waals surface area contributed by atoms with Crippen LogP contribution in [0.4, 0.5) is 5.69 Å². The minimum Gasteiger partial charge on any atom is -0.461 e. The van der Waals surface area contributed by atoms with Crippen LogP contribution in [0.15, 0.2) is 70.7 Å². The fraction of sp³-hybridized carbons (Fsp3) is 0.150. The fourth-order valence-corrected chi connectivity index (χ4v) is 3.59. The highest BCUT2D eigenvalue weighted by atomic mass is 32.2. The van der Waals surface area contributed by atoms with Crippen molar-refractivity contribution in [3.8, 4) is 11.6 Å². The van der Waals surface area contributed by atoms with Gasteiger partial charge in [-0.25, -0.2) is 4.68 Å². The normalized spacial score (nSPS) is 10.9. The van der Waals surface area contributed by atoms with Gasteiger partial charge in [0.05, 0.1) is 12.0 Å². The minimum atomic E-state index is -0.0986. The van der Waals surface area contributed by atoms with E-state index in [0.717, 1.165) is 16.8 Å². The quantitative estimate of drug-likeness (QED) is 0.501. The van der Waals surface area contributed by atoms with E-state index in [4.69, 9.17) is 4.42 Å². The summed E-state index contributed by atoms with van der Waals surface area (Å²) in [5.41, 5.74) is 3.02. The molecule has 0 spiro atoms. The van der Waals surface area contributed by atoms with E-state index >= 15 is 0 Å². The van der Waals surface area contributed by atoms with Crippen LogP contribution in [-0.2, 0) is 4.79 Å². The molecule has 0 saturated carbocycles. The molecule has 0 fully saturated rings. The van der Waals surface area contributed by atoms with Crippen LogP contribution in [0.25, 0.3) is 11.6 Å². The van der Waals surface area contributed by atoms with Crippen molar-refractivity contribution in [3.63, 3.8) is 0 Å². The van der Waals surface area contributed by atoms with Crippen molar-refractivity contribution in [2.75, 3.05) is 11.1 Å². The number of furan rings is 1. The highest BCUT2D eigenvalue weighted by Gasteiger charge is 2.18. The van der Waals surface area contributed by atoms with E-state index in [0.29, 0.717) is 16.7 Å². The number of thioether (sulfide) groups is 1. The number of carbonyl (C=O) groups excluding carboxylic acids is 1. The van der Waals surface area contributed by atoms with E-state index in [9.17, 15) is 4.79 Å². The maximum absolute atomic E-state index is 12.4. The van der Waals surface area contributed by atoms with Gasteiger partial charge in [0.2, 0.25) is 16.9 Å².